The van der Waals surface area contributed by atoms with E-state index in [9.17, 15) is 4.79 Å². The molecule has 0 unspecified atom stereocenters. The number of carbonyl (C=O) groups excluding carboxylic acids is 1. The van der Waals surface area contributed by atoms with Crippen molar-refractivity contribution >= 4 is 11.6 Å². The topological polar surface area (TPSA) is 54.5 Å². The van der Waals surface area contributed by atoms with E-state index in [0.29, 0.717) is 17.6 Å². The molecule has 1 amide bonds. The number of piperidine rings is 1. The van der Waals surface area contributed by atoms with Gasteiger partial charge in [-0.1, -0.05) is 24.3 Å². The van der Waals surface area contributed by atoms with Crippen molar-refractivity contribution in [1.29, 1.82) is 0 Å². The van der Waals surface area contributed by atoms with E-state index in [1.165, 1.54) is 0 Å². The van der Waals surface area contributed by atoms with Crippen molar-refractivity contribution in [3.05, 3.63) is 54.2 Å². The van der Waals surface area contributed by atoms with Gasteiger partial charge in [0.25, 0.3) is 5.91 Å². The van der Waals surface area contributed by atoms with Gasteiger partial charge in [-0.15, -0.1) is 0 Å². The number of pyridine rings is 1. The van der Waals surface area contributed by atoms with Gasteiger partial charge in [0.2, 0.25) is 5.88 Å². The molecule has 1 saturated heterocycles. The molecule has 1 aromatic carbocycles. The van der Waals surface area contributed by atoms with Gasteiger partial charge in [-0.2, -0.15) is 0 Å². The lowest BCUT2D eigenvalue weighted by atomic mass is 10.0. The standard InChI is InChI=1S/C20H25N3O2/c1-15(2)25-19-10-6-9-18(22-19)20(24)23-13-11-17(12-14-23)21-16-7-4-3-5-8-16/h3-10,15,17,21H,11-14H2,1-2H3. The fraction of sp³-hybridized carbons (Fsp3) is 0.400. The number of para-hydroxylation sites is 1. The van der Waals surface area contributed by atoms with Crippen LogP contribution in [0.25, 0.3) is 0 Å². The Morgan fingerprint density at radius 1 is 1.12 bits per heavy atom. The van der Waals surface area contributed by atoms with Gasteiger partial charge in [0, 0.05) is 30.9 Å². The van der Waals surface area contributed by atoms with Gasteiger partial charge in [-0.05, 0) is 44.9 Å². The van der Waals surface area contributed by atoms with Crippen molar-refractivity contribution in [3.8, 4) is 5.88 Å². The first-order valence-electron chi connectivity index (χ1n) is 8.86. The van der Waals surface area contributed by atoms with Crippen LogP contribution in [0.4, 0.5) is 5.69 Å². The van der Waals surface area contributed by atoms with Gasteiger partial charge in [-0.3, -0.25) is 4.79 Å². The third kappa shape index (κ3) is 4.72. The highest BCUT2D eigenvalue weighted by molar-refractivity contribution is 5.92. The molecule has 5 nitrogen and oxygen atoms in total. The number of carbonyl (C=O) groups is 1. The van der Waals surface area contributed by atoms with Crippen molar-refractivity contribution in [2.75, 3.05) is 18.4 Å². The Morgan fingerprint density at radius 2 is 1.84 bits per heavy atom. The number of amides is 1. The molecule has 1 fully saturated rings. The van der Waals surface area contributed by atoms with Crippen LogP contribution < -0.4 is 10.1 Å². The maximum absolute atomic E-state index is 12.7. The third-order valence-corrected chi connectivity index (χ3v) is 4.23. The first-order valence-corrected chi connectivity index (χ1v) is 8.86. The van der Waals surface area contributed by atoms with E-state index in [0.717, 1.165) is 31.6 Å². The summed E-state index contributed by atoms with van der Waals surface area (Å²) in [4.78, 5) is 18.9. The van der Waals surface area contributed by atoms with E-state index < -0.39 is 0 Å². The number of likely N-dealkylation sites (tertiary alicyclic amines) is 1. The summed E-state index contributed by atoms with van der Waals surface area (Å²) in [5, 5.41) is 3.54. The number of aromatic nitrogens is 1. The number of nitrogens with one attached hydrogen (secondary N) is 1. The minimum Gasteiger partial charge on any atom is -0.475 e. The molecule has 1 aliphatic heterocycles. The molecule has 3 rings (SSSR count). The van der Waals surface area contributed by atoms with Crippen LogP contribution in [0.5, 0.6) is 5.88 Å². The predicted octanol–water partition coefficient (Wildman–Crippen LogP) is 3.59. The SMILES string of the molecule is CC(C)Oc1cccc(C(=O)N2CCC(Nc3ccccc3)CC2)n1. The lowest BCUT2D eigenvalue weighted by Gasteiger charge is -2.32. The highest BCUT2D eigenvalue weighted by Crippen LogP contribution is 2.18. The maximum atomic E-state index is 12.7. The summed E-state index contributed by atoms with van der Waals surface area (Å²) >= 11 is 0. The summed E-state index contributed by atoms with van der Waals surface area (Å²) in [6.07, 6.45) is 1.91. The zero-order chi connectivity index (χ0) is 17.6. The van der Waals surface area contributed by atoms with Gasteiger partial charge in [0.05, 0.1) is 6.10 Å². The third-order valence-electron chi connectivity index (χ3n) is 4.23. The molecule has 2 heterocycles. The van der Waals surface area contributed by atoms with Crippen molar-refractivity contribution in [2.45, 2.75) is 38.8 Å². The van der Waals surface area contributed by atoms with Crippen LogP contribution in [0.2, 0.25) is 0 Å². The van der Waals surface area contributed by atoms with Crippen molar-refractivity contribution in [1.82, 2.24) is 9.88 Å². The molecular weight excluding hydrogens is 314 g/mol. The predicted molar refractivity (Wildman–Crippen MR) is 99.0 cm³/mol. The number of ether oxygens (including phenoxy) is 1. The molecule has 132 valence electrons. The minimum atomic E-state index is -0.0210. The molecule has 25 heavy (non-hydrogen) atoms. The number of nitrogens with zero attached hydrogens (tertiary/aromatic N) is 2. The molecule has 1 N–H and O–H groups in total. The molecular formula is C20H25N3O2. The highest BCUT2D eigenvalue weighted by atomic mass is 16.5. The number of anilines is 1. The Kier molecular flexibility index (Phi) is 5.53. The number of hydrogen-bond donors (Lipinski definition) is 1. The molecule has 5 heteroatoms. The number of rotatable bonds is 5. The fourth-order valence-corrected chi connectivity index (χ4v) is 3.00. The van der Waals surface area contributed by atoms with Gasteiger partial charge in [-0.25, -0.2) is 4.98 Å². The summed E-state index contributed by atoms with van der Waals surface area (Å²) in [6, 6.07) is 16.0. The van der Waals surface area contributed by atoms with Crippen molar-refractivity contribution in [3.63, 3.8) is 0 Å². The second-order valence-corrected chi connectivity index (χ2v) is 6.60. The van der Waals surface area contributed by atoms with Crippen LogP contribution in [0.3, 0.4) is 0 Å². The smallest absolute Gasteiger partial charge is 0.272 e. The average Bonchev–Trinajstić information content (AvgIpc) is 2.62. The first kappa shape index (κ1) is 17.3. The number of benzene rings is 1. The fourth-order valence-electron chi connectivity index (χ4n) is 3.00. The summed E-state index contributed by atoms with van der Waals surface area (Å²) in [7, 11) is 0. The zero-order valence-electron chi connectivity index (χ0n) is 14.8. The Morgan fingerprint density at radius 3 is 2.52 bits per heavy atom. The molecule has 0 radical (unpaired) electrons. The Labute approximate surface area is 149 Å². The molecule has 0 spiro atoms. The van der Waals surface area contributed by atoms with Crippen LogP contribution in [-0.4, -0.2) is 41.0 Å². The molecule has 0 bridgehead atoms. The Hall–Kier alpha value is -2.56. The van der Waals surface area contributed by atoms with Crippen LogP contribution in [0, 0.1) is 0 Å². The number of hydrogen-bond acceptors (Lipinski definition) is 4. The van der Waals surface area contributed by atoms with Crippen molar-refractivity contribution < 1.29 is 9.53 Å². The zero-order valence-corrected chi connectivity index (χ0v) is 14.8. The van der Waals surface area contributed by atoms with E-state index >= 15 is 0 Å². The van der Waals surface area contributed by atoms with Crippen LogP contribution in [0.1, 0.15) is 37.2 Å². The van der Waals surface area contributed by atoms with Crippen LogP contribution >= 0.6 is 0 Å². The summed E-state index contributed by atoms with van der Waals surface area (Å²) in [6.45, 7) is 5.36. The van der Waals surface area contributed by atoms with Crippen LogP contribution in [-0.2, 0) is 0 Å². The Bertz CT molecular complexity index is 695. The van der Waals surface area contributed by atoms with Crippen molar-refractivity contribution in [2.24, 2.45) is 0 Å². The van der Waals surface area contributed by atoms with Crippen LogP contribution in [0.15, 0.2) is 48.5 Å². The van der Waals surface area contributed by atoms with E-state index in [1.54, 1.807) is 12.1 Å². The maximum Gasteiger partial charge on any atom is 0.272 e. The lowest BCUT2D eigenvalue weighted by molar-refractivity contribution is 0.0710. The summed E-state index contributed by atoms with van der Waals surface area (Å²) < 4.78 is 5.58. The largest absolute Gasteiger partial charge is 0.475 e. The van der Waals surface area contributed by atoms with E-state index in [2.05, 4.69) is 22.4 Å². The van der Waals surface area contributed by atoms with E-state index in [1.807, 2.05) is 43.0 Å². The summed E-state index contributed by atoms with van der Waals surface area (Å²) in [5.41, 5.74) is 1.58. The second kappa shape index (κ2) is 8.01. The van der Waals surface area contributed by atoms with E-state index in [-0.39, 0.29) is 12.0 Å². The molecule has 2 aromatic rings. The molecule has 1 aromatic heterocycles. The minimum absolute atomic E-state index is 0.0210. The first-order chi connectivity index (χ1) is 12.1. The van der Waals surface area contributed by atoms with E-state index in [4.69, 9.17) is 4.74 Å². The quantitative estimate of drug-likeness (QED) is 0.904. The molecule has 0 saturated carbocycles. The van der Waals surface area contributed by atoms with Gasteiger partial charge in [0.1, 0.15) is 5.69 Å². The monoisotopic (exact) mass is 339 g/mol. The molecule has 0 atom stereocenters. The molecule has 1 aliphatic rings. The normalized spacial score (nSPS) is 15.2. The average molecular weight is 339 g/mol. The lowest BCUT2D eigenvalue weighted by Crippen LogP contribution is -2.42. The molecule has 0 aliphatic carbocycles. The highest BCUT2D eigenvalue weighted by Gasteiger charge is 2.24. The summed E-state index contributed by atoms with van der Waals surface area (Å²) in [5.74, 6) is 0.480. The van der Waals surface area contributed by atoms with Gasteiger partial charge in [0.15, 0.2) is 0 Å². The van der Waals surface area contributed by atoms with Gasteiger partial charge < -0.3 is 15.0 Å². The second-order valence-electron chi connectivity index (χ2n) is 6.60. The Balaban J connectivity index is 1.56. The van der Waals surface area contributed by atoms with Gasteiger partial charge >= 0.3 is 0 Å².